The summed E-state index contributed by atoms with van der Waals surface area (Å²) in [6.07, 6.45) is -1.05. The Labute approximate surface area is 126 Å². The molecule has 0 aliphatic rings. The van der Waals surface area contributed by atoms with Crippen molar-refractivity contribution in [3.05, 3.63) is 51.9 Å². The fraction of sp³-hybridized carbons (Fsp3) is 0.188. The molecule has 2 rings (SSSR count). The summed E-state index contributed by atoms with van der Waals surface area (Å²) in [7, 11) is 0. The molecule has 0 fully saturated rings. The highest BCUT2D eigenvalue weighted by molar-refractivity contribution is 5.77. The van der Waals surface area contributed by atoms with Gasteiger partial charge < -0.3 is 14.8 Å². The number of ether oxygens (including phenoxy) is 1. The second kappa shape index (κ2) is 6.14. The third-order valence-electron chi connectivity index (χ3n) is 3.11. The van der Waals surface area contributed by atoms with E-state index in [1.165, 1.54) is 6.92 Å². The number of hydrogen-bond acceptors (Lipinski definition) is 4. The van der Waals surface area contributed by atoms with Gasteiger partial charge in [-0.15, -0.1) is 0 Å². The predicted molar refractivity (Wildman–Crippen MR) is 79.7 cm³/mol. The Morgan fingerprint density at radius 1 is 1.36 bits per heavy atom. The number of carboxylic acids is 1. The van der Waals surface area contributed by atoms with Gasteiger partial charge in [-0.1, -0.05) is 18.2 Å². The molecular weight excluding hydrogens is 284 g/mol. The lowest BCUT2D eigenvalue weighted by Crippen LogP contribution is -2.23. The van der Waals surface area contributed by atoms with Crippen molar-refractivity contribution in [2.45, 2.75) is 20.0 Å². The zero-order valence-electron chi connectivity index (χ0n) is 12.1. The Bertz CT molecular complexity index is 818. The summed E-state index contributed by atoms with van der Waals surface area (Å²) in [5.74, 6) is -0.795. The van der Waals surface area contributed by atoms with Crippen LogP contribution in [0, 0.1) is 18.3 Å². The Morgan fingerprint density at radius 3 is 2.68 bits per heavy atom. The molecule has 1 atom stereocenters. The monoisotopic (exact) mass is 298 g/mol. The molecule has 1 aromatic heterocycles. The van der Waals surface area contributed by atoms with Crippen molar-refractivity contribution in [3.8, 4) is 22.9 Å². The van der Waals surface area contributed by atoms with E-state index in [0.717, 1.165) is 0 Å². The first-order valence-corrected chi connectivity index (χ1v) is 6.57. The fourth-order valence-corrected chi connectivity index (χ4v) is 2.04. The number of para-hydroxylation sites is 1. The average Bonchev–Trinajstić information content (AvgIpc) is 2.47. The number of carbonyl (C=O) groups is 1. The molecule has 0 radical (unpaired) electrons. The highest BCUT2D eigenvalue weighted by Gasteiger charge is 2.18. The van der Waals surface area contributed by atoms with Crippen molar-refractivity contribution < 1.29 is 14.6 Å². The molecule has 112 valence electrons. The molecule has 22 heavy (non-hydrogen) atoms. The third kappa shape index (κ3) is 2.99. The summed E-state index contributed by atoms with van der Waals surface area (Å²) in [6, 6.07) is 10.2. The maximum absolute atomic E-state index is 11.9. The summed E-state index contributed by atoms with van der Waals surface area (Å²) in [6.45, 7) is 3.11. The van der Waals surface area contributed by atoms with Gasteiger partial charge in [-0.2, -0.15) is 5.26 Å². The molecule has 0 bridgehead atoms. The van der Waals surface area contributed by atoms with Crippen molar-refractivity contribution in [1.29, 1.82) is 5.26 Å². The molecule has 0 spiro atoms. The van der Waals surface area contributed by atoms with E-state index in [2.05, 4.69) is 4.98 Å². The average molecular weight is 298 g/mol. The lowest BCUT2D eigenvalue weighted by molar-refractivity contribution is -0.144. The van der Waals surface area contributed by atoms with Gasteiger partial charge in [0.05, 0.1) is 0 Å². The minimum atomic E-state index is -1.10. The van der Waals surface area contributed by atoms with Crippen LogP contribution in [0.2, 0.25) is 0 Å². The maximum Gasteiger partial charge on any atom is 0.344 e. The zero-order chi connectivity index (χ0) is 16.3. The Kier molecular flexibility index (Phi) is 4.28. The molecule has 2 N–H and O–H groups in total. The number of nitriles is 1. The van der Waals surface area contributed by atoms with Crippen LogP contribution in [0.3, 0.4) is 0 Å². The summed E-state index contributed by atoms with van der Waals surface area (Å²) < 4.78 is 5.42. The normalized spacial score (nSPS) is 11.5. The van der Waals surface area contributed by atoms with E-state index in [9.17, 15) is 14.9 Å². The van der Waals surface area contributed by atoms with Crippen molar-refractivity contribution in [1.82, 2.24) is 4.98 Å². The number of aryl methyl sites for hydroxylation is 1. The number of nitrogens with zero attached hydrogens (tertiary/aromatic N) is 1. The number of carboxylic acid groups (broad SMARTS) is 1. The quantitative estimate of drug-likeness (QED) is 0.899. The lowest BCUT2D eigenvalue weighted by atomic mass is 10.00. The van der Waals surface area contributed by atoms with Gasteiger partial charge >= 0.3 is 5.97 Å². The number of nitrogens with one attached hydrogen (secondary N) is 1. The summed E-state index contributed by atoms with van der Waals surface area (Å²) >= 11 is 0. The number of aromatic nitrogens is 1. The first-order valence-electron chi connectivity index (χ1n) is 6.57. The van der Waals surface area contributed by atoms with Gasteiger partial charge in [0, 0.05) is 16.8 Å². The van der Waals surface area contributed by atoms with E-state index in [1.807, 2.05) is 6.07 Å². The molecule has 6 nitrogen and oxygen atoms in total. The van der Waals surface area contributed by atoms with E-state index in [0.29, 0.717) is 22.6 Å². The Balaban J connectivity index is 2.62. The van der Waals surface area contributed by atoms with Crippen LogP contribution in [-0.2, 0) is 4.79 Å². The molecule has 6 heteroatoms. The van der Waals surface area contributed by atoms with Gasteiger partial charge in [0.25, 0.3) is 5.56 Å². The zero-order valence-corrected chi connectivity index (χ0v) is 12.1. The smallest absolute Gasteiger partial charge is 0.344 e. The van der Waals surface area contributed by atoms with Crippen LogP contribution in [0.5, 0.6) is 5.75 Å². The van der Waals surface area contributed by atoms with Crippen molar-refractivity contribution >= 4 is 5.97 Å². The van der Waals surface area contributed by atoms with E-state index < -0.39 is 17.6 Å². The standard InChI is InChI=1S/C16H14N2O4/c1-9-7-12(13(8-17)15(19)18-9)11-5-3-4-6-14(11)22-10(2)16(20)21/h3-7,10H,1-2H3,(H,18,19)(H,20,21). The summed E-state index contributed by atoms with van der Waals surface area (Å²) in [5.41, 5.74) is 0.988. The van der Waals surface area contributed by atoms with Gasteiger partial charge in [0.2, 0.25) is 0 Å². The first-order chi connectivity index (χ1) is 10.4. The van der Waals surface area contributed by atoms with E-state index in [-0.39, 0.29) is 5.56 Å². The van der Waals surface area contributed by atoms with Crippen LogP contribution in [0.1, 0.15) is 18.2 Å². The third-order valence-corrected chi connectivity index (χ3v) is 3.11. The molecule has 1 heterocycles. The molecule has 0 saturated carbocycles. The molecule has 0 amide bonds. The summed E-state index contributed by atoms with van der Waals surface area (Å²) in [4.78, 5) is 25.4. The van der Waals surface area contributed by atoms with Crippen LogP contribution in [0.15, 0.2) is 35.1 Å². The van der Waals surface area contributed by atoms with Crippen molar-refractivity contribution in [3.63, 3.8) is 0 Å². The minimum absolute atomic E-state index is 0.0374. The molecule has 0 aliphatic heterocycles. The number of aromatic amines is 1. The Hall–Kier alpha value is -3.07. The van der Waals surface area contributed by atoms with Crippen LogP contribution in [0.25, 0.3) is 11.1 Å². The number of pyridine rings is 1. The fourth-order valence-electron chi connectivity index (χ4n) is 2.04. The molecular formula is C16H14N2O4. The van der Waals surface area contributed by atoms with Gasteiger partial charge in [0.15, 0.2) is 6.10 Å². The predicted octanol–water partition coefficient (Wildman–Crippen LogP) is 2.07. The first kappa shape index (κ1) is 15.3. The van der Waals surface area contributed by atoms with E-state index in [4.69, 9.17) is 9.84 Å². The van der Waals surface area contributed by atoms with Crippen LogP contribution < -0.4 is 10.3 Å². The molecule has 2 aromatic rings. The lowest BCUT2D eigenvalue weighted by Gasteiger charge is -2.15. The molecule has 1 aromatic carbocycles. The second-order valence-corrected chi connectivity index (χ2v) is 4.78. The molecule has 0 saturated heterocycles. The van der Waals surface area contributed by atoms with Gasteiger partial charge in [0.1, 0.15) is 17.4 Å². The number of aliphatic carboxylic acids is 1. The van der Waals surface area contributed by atoms with Crippen molar-refractivity contribution in [2.24, 2.45) is 0 Å². The topological polar surface area (TPSA) is 103 Å². The summed E-state index contributed by atoms with van der Waals surface area (Å²) in [5, 5.41) is 18.2. The highest BCUT2D eigenvalue weighted by atomic mass is 16.5. The van der Waals surface area contributed by atoms with E-state index in [1.54, 1.807) is 37.3 Å². The van der Waals surface area contributed by atoms with Gasteiger partial charge in [-0.25, -0.2) is 4.79 Å². The molecule has 1 unspecified atom stereocenters. The number of hydrogen-bond donors (Lipinski definition) is 2. The SMILES string of the molecule is Cc1cc(-c2ccccc2OC(C)C(=O)O)c(C#N)c(=O)[nH]1. The van der Waals surface area contributed by atoms with Crippen LogP contribution in [-0.4, -0.2) is 22.2 Å². The number of benzene rings is 1. The van der Waals surface area contributed by atoms with Crippen LogP contribution >= 0.6 is 0 Å². The highest BCUT2D eigenvalue weighted by Crippen LogP contribution is 2.32. The molecule has 0 aliphatic carbocycles. The van der Waals surface area contributed by atoms with Gasteiger partial charge in [-0.3, -0.25) is 4.79 Å². The van der Waals surface area contributed by atoms with Crippen LogP contribution in [0.4, 0.5) is 0 Å². The largest absolute Gasteiger partial charge is 0.479 e. The Morgan fingerprint density at radius 2 is 2.05 bits per heavy atom. The number of rotatable bonds is 4. The van der Waals surface area contributed by atoms with Crippen molar-refractivity contribution in [2.75, 3.05) is 0 Å². The minimum Gasteiger partial charge on any atom is -0.479 e. The maximum atomic E-state index is 11.9. The van der Waals surface area contributed by atoms with Gasteiger partial charge in [-0.05, 0) is 26.0 Å². The van der Waals surface area contributed by atoms with E-state index >= 15 is 0 Å². The number of H-pyrrole nitrogens is 1. The second-order valence-electron chi connectivity index (χ2n) is 4.78.